The van der Waals surface area contributed by atoms with Crippen LogP contribution in [0.4, 0.5) is 0 Å². The van der Waals surface area contributed by atoms with Gasteiger partial charge in [0.1, 0.15) is 0 Å². The number of nitrogens with zero attached hydrogens (tertiary/aromatic N) is 2. The summed E-state index contributed by atoms with van der Waals surface area (Å²) in [6, 6.07) is 8.10. The SMILES string of the molecule is C[C@@H]1CN(C(=O)CCc2nc3ccccc3s2)CCO1. The van der Waals surface area contributed by atoms with Gasteiger partial charge in [0.2, 0.25) is 5.91 Å². The number of fused-ring (bicyclic) bond motifs is 1. The maximum absolute atomic E-state index is 12.2. The first kappa shape index (κ1) is 13.5. The number of benzene rings is 1. The molecule has 1 aliphatic heterocycles. The van der Waals surface area contributed by atoms with E-state index in [-0.39, 0.29) is 12.0 Å². The van der Waals surface area contributed by atoms with Crippen molar-refractivity contribution in [2.45, 2.75) is 25.9 Å². The maximum atomic E-state index is 12.2. The lowest BCUT2D eigenvalue weighted by atomic mass is 10.2. The lowest BCUT2D eigenvalue weighted by molar-refractivity contribution is -0.138. The van der Waals surface area contributed by atoms with Gasteiger partial charge in [0.15, 0.2) is 0 Å². The molecule has 1 atom stereocenters. The summed E-state index contributed by atoms with van der Waals surface area (Å²) in [6.07, 6.45) is 1.41. The van der Waals surface area contributed by atoms with E-state index in [0.29, 0.717) is 26.1 Å². The van der Waals surface area contributed by atoms with E-state index in [1.165, 1.54) is 4.70 Å². The maximum Gasteiger partial charge on any atom is 0.223 e. The lowest BCUT2D eigenvalue weighted by Gasteiger charge is -2.31. The second kappa shape index (κ2) is 5.89. The Kier molecular flexibility index (Phi) is 3.98. The summed E-state index contributed by atoms with van der Waals surface area (Å²) < 4.78 is 6.65. The molecule has 0 spiro atoms. The topological polar surface area (TPSA) is 42.4 Å². The summed E-state index contributed by atoms with van der Waals surface area (Å²) in [5.41, 5.74) is 1.03. The fourth-order valence-corrected chi connectivity index (χ4v) is 3.41. The zero-order chi connectivity index (χ0) is 13.9. The Balaban J connectivity index is 1.59. The van der Waals surface area contributed by atoms with Gasteiger partial charge in [-0.3, -0.25) is 4.79 Å². The third-order valence-corrected chi connectivity index (χ3v) is 4.58. The van der Waals surface area contributed by atoms with E-state index in [1.807, 2.05) is 30.0 Å². The molecule has 4 nitrogen and oxygen atoms in total. The zero-order valence-corrected chi connectivity index (χ0v) is 12.4. The van der Waals surface area contributed by atoms with Gasteiger partial charge in [0.05, 0.1) is 27.9 Å². The number of amides is 1. The minimum Gasteiger partial charge on any atom is -0.375 e. The van der Waals surface area contributed by atoms with Crippen LogP contribution in [-0.2, 0) is 16.0 Å². The highest BCUT2D eigenvalue weighted by molar-refractivity contribution is 7.18. The molecule has 106 valence electrons. The van der Waals surface area contributed by atoms with Gasteiger partial charge in [-0.15, -0.1) is 11.3 Å². The monoisotopic (exact) mass is 290 g/mol. The van der Waals surface area contributed by atoms with Gasteiger partial charge >= 0.3 is 0 Å². The number of ether oxygens (including phenoxy) is 1. The molecular formula is C15H18N2O2S. The second-order valence-electron chi connectivity index (χ2n) is 5.10. The van der Waals surface area contributed by atoms with Crippen LogP contribution >= 0.6 is 11.3 Å². The Bertz CT molecular complexity index is 578. The number of hydrogen-bond donors (Lipinski definition) is 0. The molecule has 2 heterocycles. The molecular weight excluding hydrogens is 272 g/mol. The summed E-state index contributed by atoms with van der Waals surface area (Å²) in [5.74, 6) is 0.208. The number of thiazole rings is 1. The van der Waals surface area contributed by atoms with Crippen LogP contribution < -0.4 is 0 Å². The molecule has 1 aromatic carbocycles. The largest absolute Gasteiger partial charge is 0.375 e. The molecule has 5 heteroatoms. The van der Waals surface area contributed by atoms with Crippen molar-refractivity contribution in [3.8, 4) is 0 Å². The summed E-state index contributed by atoms with van der Waals surface area (Å²) in [7, 11) is 0. The predicted octanol–water partition coefficient (Wildman–Crippen LogP) is 2.48. The smallest absolute Gasteiger partial charge is 0.223 e. The average molecular weight is 290 g/mol. The standard InChI is InChI=1S/C15H18N2O2S/c1-11-10-17(8-9-19-11)15(18)7-6-14-16-12-4-2-3-5-13(12)20-14/h2-5,11H,6-10H2,1H3/t11-/m1/s1. The van der Waals surface area contributed by atoms with Gasteiger partial charge in [0.25, 0.3) is 0 Å². The number of rotatable bonds is 3. The number of aryl methyl sites for hydroxylation is 1. The number of carbonyl (C=O) groups is 1. The molecule has 1 aromatic heterocycles. The van der Waals surface area contributed by atoms with Gasteiger partial charge in [-0.2, -0.15) is 0 Å². The highest BCUT2D eigenvalue weighted by Crippen LogP contribution is 2.22. The van der Waals surface area contributed by atoms with E-state index in [0.717, 1.165) is 16.9 Å². The van der Waals surface area contributed by atoms with E-state index in [2.05, 4.69) is 11.1 Å². The third kappa shape index (κ3) is 2.99. The minimum atomic E-state index is 0.148. The molecule has 2 aromatic rings. The average Bonchev–Trinajstić information content (AvgIpc) is 2.87. The van der Waals surface area contributed by atoms with Crippen LogP contribution in [0.25, 0.3) is 10.2 Å². The number of carbonyl (C=O) groups excluding carboxylic acids is 1. The van der Waals surface area contributed by atoms with E-state index in [1.54, 1.807) is 11.3 Å². The van der Waals surface area contributed by atoms with Crippen LogP contribution in [0.3, 0.4) is 0 Å². The van der Waals surface area contributed by atoms with Crippen molar-refractivity contribution in [3.63, 3.8) is 0 Å². The van der Waals surface area contributed by atoms with Crippen LogP contribution in [0, 0.1) is 0 Å². The predicted molar refractivity (Wildman–Crippen MR) is 79.9 cm³/mol. The van der Waals surface area contributed by atoms with Crippen LogP contribution in [0.15, 0.2) is 24.3 Å². The molecule has 0 saturated carbocycles. The second-order valence-corrected chi connectivity index (χ2v) is 6.21. The molecule has 1 aliphatic rings. The third-order valence-electron chi connectivity index (χ3n) is 3.48. The Morgan fingerprint density at radius 3 is 3.15 bits per heavy atom. The molecule has 0 aliphatic carbocycles. The van der Waals surface area contributed by atoms with E-state index < -0.39 is 0 Å². The summed E-state index contributed by atoms with van der Waals surface area (Å²) in [6.45, 7) is 4.07. The Morgan fingerprint density at radius 1 is 1.50 bits per heavy atom. The van der Waals surface area contributed by atoms with Crippen LogP contribution in [-0.4, -0.2) is 41.6 Å². The molecule has 1 fully saturated rings. The first-order chi connectivity index (χ1) is 9.72. The van der Waals surface area contributed by atoms with E-state index in [4.69, 9.17) is 4.74 Å². The van der Waals surface area contributed by atoms with Gasteiger partial charge < -0.3 is 9.64 Å². The quantitative estimate of drug-likeness (QED) is 0.872. The van der Waals surface area contributed by atoms with Crippen LogP contribution in [0.5, 0.6) is 0 Å². The molecule has 0 unspecified atom stereocenters. The fourth-order valence-electron chi connectivity index (χ4n) is 2.44. The molecule has 0 bridgehead atoms. The Hall–Kier alpha value is -1.46. The summed E-state index contributed by atoms with van der Waals surface area (Å²) in [5, 5.41) is 1.04. The van der Waals surface area contributed by atoms with Crippen molar-refractivity contribution >= 4 is 27.5 Å². The van der Waals surface area contributed by atoms with Crippen molar-refractivity contribution in [1.82, 2.24) is 9.88 Å². The van der Waals surface area contributed by atoms with Crippen molar-refractivity contribution in [2.75, 3.05) is 19.7 Å². The van der Waals surface area contributed by atoms with E-state index >= 15 is 0 Å². The van der Waals surface area contributed by atoms with Crippen molar-refractivity contribution < 1.29 is 9.53 Å². The lowest BCUT2D eigenvalue weighted by Crippen LogP contribution is -2.44. The van der Waals surface area contributed by atoms with Gasteiger partial charge in [-0.1, -0.05) is 12.1 Å². The molecule has 20 heavy (non-hydrogen) atoms. The van der Waals surface area contributed by atoms with Crippen molar-refractivity contribution in [3.05, 3.63) is 29.3 Å². The van der Waals surface area contributed by atoms with Crippen molar-refractivity contribution in [2.24, 2.45) is 0 Å². The fraction of sp³-hybridized carbons (Fsp3) is 0.467. The first-order valence-corrected chi connectivity index (χ1v) is 7.78. The molecule has 0 radical (unpaired) electrons. The highest BCUT2D eigenvalue weighted by Gasteiger charge is 2.21. The number of hydrogen-bond acceptors (Lipinski definition) is 4. The number of para-hydroxylation sites is 1. The Labute approximate surface area is 122 Å². The van der Waals surface area contributed by atoms with E-state index in [9.17, 15) is 4.79 Å². The highest BCUT2D eigenvalue weighted by atomic mass is 32.1. The van der Waals surface area contributed by atoms with Crippen LogP contribution in [0.1, 0.15) is 18.4 Å². The van der Waals surface area contributed by atoms with Crippen molar-refractivity contribution in [1.29, 1.82) is 0 Å². The molecule has 0 N–H and O–H groups in total. The summed E-state index contributed by atoms with van der Waals surface area (Å²) >= 11 is 1.68. The number of aromatic nitrogens is 1. The normalized spacial score (nSPS) is 19.4. The van der Waals surface area contributed by atoms with Crippen LogP contribution in [0.2, 0.25) is 0 Å². The minimum absolute atomic E-state index is 0.148. The zero-order valence-electron chi connectivity index (χ0n) is 11.5. The molecule has 3 rings (SSSR count). The van der Waals surface area contributed by atoms with Gasteiger partial charge in [-0.05, 0) is 19.1 Å². The van der Waals surface area contributed by atoms with Gasteiger partial charge in [-0.25, -0.2) is 4.98 Å². The first-order valence-electron chi connectivity index (χ1n) is 6.96. The number of morpholine rings is 1. The molecule has 1 amide bonds. The summed E-state index contributed by atoms with van der Waals surface area (Å²) in [4.78, 5) is 18.7. The van der Waals surface area contributed by atoms with Gasteiger partial charge in [0, 0.05) is 25.9 Å². The molecule has 1 saturated heterocycles. The Morgan fingerprint density at radius 2 is 2.35 bits per heavy atom.